The second-order valence-corrected chi connectivity index (χ2v) is 7.85. The van der Waals surface area contributed by atoms with Crippen LogP contribution in [0.3, 0.4) is 0 Å². The van der Waals surface area contributed by atoms with Crippen molar-refractivity contribution in [3.63, 3.8) is 0 Å². The Morgan fingerprint density at radius 2 is 2.06 bits per heavy atom. The predicted molar refractivity (Wildman–Crippen MR) is 102 cm³/mol. The summed E-state index contributed by atoms with van der Waals surface area (Å²) in [5.74, 6) is -2.25. The van der Waals surface area contributed by atoms with Gasteiger partial charge in [0.25, 0.3) is 5.91 Å². The van der Waals surface area contributed by atoms with Crippen LogP contribution in [0.25, 0.3) is 0 Å². The van der Waals surface area contributed by atoms with Crippen molar-refractivity contribution in [2.45, 2.75) is 23.8 Å². The minimum Gasteiger partial charge on any atom is -0.543 e. The monoisotopic (exact) mass is 468 g/mol. The van der Waals surface area contributed by atoms with Gasteiger partial charge in [-0.05, 0) is 33.7 Å². The van der Waals surface area contributed by atoms with Crippen LogP contribution < -0.4 is 40.0 Å². The van der Waals surface area contributed by atoms with Crippen LogP contribution in [0.15, 0.2) is 40.7 Å². The number of carbonyl (C=O) groups is 3. The third-order valence-corrected chi connectivity index (χ3v) is 5.91. The fourth-order valence-corrected chi connectivity index (χ4v) is 4.14. The number of aromatic nitrogens is 4. The molecule has 162 valence electrons. The van der Waals surface area contributed by atoms with E-state index in [-0.39, 0.29) is 59.8 Å². The molecule has 32 heavy (non-hydrogen) atoms. The number of β-lactam (4-membered cyclic amide) rings is 1. The van der Waals surface area contributed by atoms with Crippen molar-refractivity contribution in [3.8, 4) is 5.75 Å². The summed E-state index contributed by atoms with van der Waals surface area (Å²) < 4.78 is 7.09. The molecule has 2 N–H and O–H groups in total. The summed E-state index contributed by atoms with van der Waals surface area (Å²) in [7, 11) is 1.65. The maximum absolute atomic E-state index is 12.6. The number of carboxylic acid groups (broad SMARTS) is 1. The second kappa shape index (κ2) is 10.0. The first-order valence-corrected chi connectivity index (χ1v) is 10.1. The van der Waals surface area contributed by atoms with Gasteiger partial charge in [-0.1, -0.05) is 23.9 Å². The fraction of sp³-hybridized carbons (Fsp3) is 0.333. The van der Waals surface area contributed by atoms with Gasteiger partial charge in [0.05, 0.1) is 24.7 Å². The normalized spacial score (nSPS) is 19.7. The summed E-state index contributed by atoms with van der Waals surface area (Å²) in [4.78, 5) is 37.6. The average Bonchev–Trinajstić information content (AvgIpc) is 3.16. The van der Waals surface area contributed by atoms with Crippen LogP contribution in [0, 0.1) is 0 Å². The number of thioether (sulfide) groups is 1. The van der Waals surface area contributed by atoms with Gasteiger partial charge in [0.1, 0.15) is 5.75 Å². The molecule has 1 saturated heterocycles. The quantitative estimate of drug-likeness (QED) is 0.228. The summed E-state index contributed by atoms with van der Waals surface area (Å²) in [6.07, 6.45) is -0.928. The molecule has 0 spiro atoms. The molecule has 3 heterocycles. The van der Waals surface area contributed by atoms with Crippen molar-refractivity contribution in [1.82, 2.24) is 30.4 Å². The number of aromatic hydroxyl groups is 1. The molecule has 0 radical (unpaired) electrons. The Morgan fingerprint density at radius 1 is 1.34 bits per heavy atom. The minimum absolute atomic E-state index is 0. The Hall–Kier alpha value is -2.45. The molecule has 2 aliphatic heterocycles. The maximum atomic E-state index is 12.6. The number of rotatable bonds is 7. The molecule has 1 fully saturated rings. The van der Waals surface area contributed by atoms with Gasteiger partial charge >= 0.3 is 29.6 Å². The molecule has 4 rings (SSSR count). The number of phenols is 1. The Bertz CT molecular complexity index is 1070. The van der Waals surface area contributed by atoms with E-state index in [4.69, 9.17) is 4.74 Å². The largest absolute Gasteiger partial charge is 1.00 e. The van der Waals surface area contributed by atoms with Gasteiger partial charge < -0.3 is 25.1 Å². The maximum Gasteiger partial charge on any atom is 1.00 e. The standard InChI is InChI=1S/C18H18N6O6S.Na/c1-23-18(20-21-22-23)31-8-10-7-30-16-13(15(27)24(16)14(10)17(28)29)19-12(26)6-9-2-4-11(25)5-3-9;/h2-5,13,16,25H,6-8H2,1H3,(H,19,26)(H,28,29);/q;+1/p-1/t13-,16?;/m1./s1. The first kappa shape index (κ1) is 24.2. The zero-order valence-electron chi connectivity index (χ0n) is 17.2. The SMILES string of the molecule is Cn1nnnc1SCC1=C(C(=O)[O-])N2C(=O)[C@@H](NC(=O)Cc3ccc(O)cc3)C2OC1.[Na+]. The molecule has 1 unspecified atom stereocenters. The molecule has 2 amide bonds. The van der Waals surface area contributed by atoms with Crippen LogP contribution in [0.5, 0.6) is 5.75 Å². The van der Waals surface area contributed by atoms with Crippen molar-refractivity contribution in [2.24, 2.45) is 7.05 Å². The Balaban J connectivity index is 0.00000289. The van der Waals surface area contributed by atoms with Crippen LogP contribution in [-0.2, 0) is 32.6 Å². The van der Waals surface area contributed by atoms with E-state index in [1.165, 1.54) is 28.6 Å². The summed E-state index contributed by atoms with van der Waals surface area (Å²) in [6, 6.07) is 5.10. The molecular weight excluding hydrogens is 451 g/mol. The number of hydrogen-bond acceptors (Lipinski definition) is 10. The topological polar surface area (TPSA) is 163 Å². The second-order valence-electron chi connectivity index (χ2n) is 6.91. The van der Waals surface area contributed by atoms with E-state index < -0.39 is 30.1 Å². The molecule has 1 aromatic heterocycles. The van der Waals surface area contributed by atoms with Crippen LogP contribution in [-0.4, -0.2) is 72.6 Å². The number of carboxylic acids is 1. The number of tetrazole rings is 1. The number of hydrogen-bond donors (Lipinski definition) is 2. The van der Waals surface area contributed by atoms with Crippen molar-refractivity contribution >= 4 is 29.5 Å². The third kappa shape index (κ3) is 4.81. The predicted octanol–water partition coefficient (Wildman–Crippen LogP) is -5.06. The van der Waals surface area contributed by atoms with E-state index in [9.17, 15) is 24.6 Å². The number of carbonyl (C=O) groups excluding carboxylic acids is 3. The molecule has 2 aromatic rings. The summed E-state index contributed by atoms with van der Waals surface area (Å²) >= 11 is 1.20. The van der Waals surface area contributed by atoms with Crippen molar-refractivity contribution in [3.05, 3.63) is 41.1 Å². The van der Waals surface area contributed by atoms with Crippen LogP contribution in [0.4, 0.5) is 0 Å². The number of nitrogens with one attached hydrogen (secondary N) is 1. The van der Waals surface area contributed by atoms with Gasteiger partial charge in [-0.25, -0.2) is 4.68 Å². The van der Waals surface area contributed by atoms with Gasteiger partial charge in [0.15, 0.2) is 12.3 Å². The zero-order chi connectivity index (χ0) is 22.1. The van der Waals surface area contributed by atoms with E-state index in [2.05, 4.69) is 20.8 Å². The van der Waals surface area contributed by atoms with E-state index in [0.717, 1.165) is 4.90 Å². The Morgan fingerprint density at radius 3 is 2.69 bits per heavy atom. The first-order valence-electron chi connectivity index (χ1n) is 9.15. The molecule has 2 atom stereocenters. The molecule has 14 heteroatoms. The Labute approximate surface area is 208 Å². The summed E-state index contributed by atoms with van der Waals surface area (Å²) in [5, 5.41) is 35.1. The van der Waals surface area contributed by atoms with Gasteiger partial charge in [-0.2, -0.15) is 0 Å². The number of aryl methyl sites for hydroxylation is 1. The summed E-state index contributed by atoms with van der Waals surface area (Å²) in [5.41, 5.74) is 0.746. The van der Waals surface area contributed by atoms with Gasteiger partial charge in [-0.15, -0.1) is 5.10 Å². The number of ether oxygens (including phenoxy) is 1. The molecule has 2 aliphatic rings. The van der Waals surface area contributed by atoms with E-state index in [0.29, 0.717) is 16.3 Å². The zero-order valence-corrected chi connectivity index (χ0v) is 20.0. The van der Waals surface area contributed by atoms with E-state index >= 15 is 0 Å². The number of benzene rings is 1. The molecule has 0 bridgehead atoms. The molecule has 0 saturated carbocycles. The molecule has 0 aliphatic carbocycles. The smallest absolute Gasteiger partial charge is 0.543 e. The molecule has 1 aromatic carbocycles. The van der Waals surface area contributed by atoms with E-state index in [1.54, 1.807) is 19.2 Å². The number of phenolic OH excluding ortho intramolecular Hbond substituents is 1. The van der Waals surface area contributed by atoms with Gasteiger partial charge in [0.2, 0.25) is 11.1 Å². The van der Waals surface area contributed by atoms with Crippen molar-refractivity contribution in [1.29, 1.82) is 0 Å². The van der Waals surface area contributed by atoms with E-state index in [1.807, 2.05) is 0 Å². The first-order chi connectivity index (χ1) is 14.8. The molecule has 12 nitrogen and oxygen atoms in total. The number of amides is 2. The van der Waals surface area contributed by atoms with Gasteiger partial charge in [0, 0.05) is 12.8 Å². The average molecular weight is 468 g/mol. The van der Waals surface area contributed by atoms with Crippen LogP contribution in [0.2, 0.25) is 0 Å². The minimum atomic E-state index is -1.50. The van der Waals surface area contributed by atoms with Crippen molar-refractivity contribution in [2.75, 3.05) is 12.4 Å². The molecular formula is C18H17N6NaO6S. The Kier molecular flexibility index (Phi) is 7.56. The fourth-order valence-electron chi connectivity index (χ4n) is 3.30. The van der Waals surface area contributed by atoms with Gasteiger partial charge in [-0.3, -0.25) is 14.5 Å². The number of aliphatic carboxylic acids is 1. The third-order valence-electron chi connectivity index (χ3n) is 4.81. The summed E-state index contributed by atoms with van der Waals surface area (Å²) in [6.45, 7) is -0.0413. The van der Waals surface area contributed by atoms with Crippen molar-refractivity contribution < 1.29 is 58.9 Å². The number of fused-ring (bicyclic) bond motifs is 1. The number of nitrogens with zero attached hydrogens (tertiary/aromatic N) is 5. The van der Waals surface area contributed by atoms with Crippen LogP contribution in [0.1, 0.15) is 5.56 Å². The van der Waals surface area contributed by atoms with Crippen LogP contribution >= 0.6 is 11.8 Å².